The number of rotatable bonds is 5. The van der Waals surface area contributed by atoms with Gasteiger partial charge in [0.25, 0.3) is 0 Å². The van der Waals surface area contributed by atoms with E-state index >= 15 is 0 Å². The molecule has 0 bridgehead atoms. The summed E-state index contributed by atoms with van der Waals surface area (Å²) in [5.41, 5.74) is -1.15. The number of fused-ring (bicyclic) bond motifs is 1. The summed E-state index contributed by atoms with van der Waals surface area (Å²) in [6, 6.07) is 2.49. The van der Waals surface area contributed by atoms with Crippen LogP contribution in [-0.4, -0.2) is 40.2 Å². The molecule has 2 aromatic heterocycles. The average Bonchev–Trinajstić information content (AvgIpc) is 3.25. The van der Waals surface area contributed by atoms with E-state index in [0.717, 1.165) is 12.1 Å². The standard InChI is InChI=1S/C22H26F3N3O4S2/c1-12-19(28-11-18(21(2,3)30)33-20(28)26-12)13-4-9-16(22(23,24)25)17(10-13)34(31,32)27-14-5-7-15(29)8-6-14/h4,9-11,14-15,27,29-30H,5-8H2,1-3H3. The number of aliphatic hydroxyl groups excluding tert-OH is 1. The first-order chi connectivity index (χ1) is 15.7. The summed E-state index contributed by atoms with van der Waals surface area (Å²) < 4.78 is 71.7. The van der Waals surface area contributed by atoms with Gasteiger partial charge in [-0.1, -0.05) is 17.4 Å². The maximum Gasteiger partial charge on any atom is 0.417 e. The summed E-state index contributed by atoms with van der Waals surface area (Å²) in [5, 5.41) is 20.0. The number of nitrogens with zero attached hydrogens (tertiary/aromatic N) is 2. The Kier molecular flexibility index (Phi) is 6.35. The van der Waals surface area contributed by atoms with Gasteiger partial charge < -0.3 is 10.2 Å². The molecule has 0 radical (unpaired) electrons. The molecular formula is C22H26F3N3O4S2. The first-order valence-electron chi connectivity index (χ1n) is 10.8. The first-order valence-corrected chi connectivity index (χ1v) is 13.1. The summed E-state index contributed by atoms with van der Waals surface area (Å²) in [7, 11) is -4.51. The molecule has 0 spiro atoms. The van der Waals surface area contributed by atoms with Crippen LogP contribution in [0.3, 0.4) is 0 Å². The number of aromatic nitrogens is 2. The molecule has 34 heavy (non-hydrogen) atoms. The summed E-state index contributed by atoms with van der Waals surface area (Å²) >= 11 is 1.25. The molecule has 0 saturated heterocycles. The molecule has 1 fully saturated rings. The van der Waals surface area contributed by atoms with Crippen molar-refractivity contribution in [3.8, 4) is 11.3 Å². The summed E-state index contributed by atoms with van der Waals surface area (Å²) in [5.74, 6) is 0. The lowest BCUT2D eigenvalue weighted by atomic mass is 9.94. The monoisotopic (exact) mass is 517 g/mol. The van der Waals surface area contributed by atoms with Crippen molar-refractivity contribution in [2.24, 2.45) is 0 Å². The Morgan fingerprint density at radius 3 is 2.41 bits per heavy atom. The Hall–Kier alpha value is -1.99. The zero-order valence-electron chi connectivity index (χ0n) is 18.8. The molecule has 3 aromatic rings. The average molecular weight is 518 g/mol. The third kappa shape index (κ3) is 4.87. The number of halogens is 3. The Morgan fingerprint density at radius 1 is 1.18 bits per heavy atom. The lowest BCUT2D eigenvalue weighted by molar-refractivity contribution is -0.139. The van der Waals surface area contributed by atoms with Crippen LogP contribution in [0, 0.1) is 6.92 Å². The lowest BCUT2D eigenvalue weighted by Gasteiger charge is -2.26. The molecule has 0 unspecified atom stereocenters. The van der Waals surface area contributed by atoms with Crippen LogP contribution in [-0.2, 0) is 21.8 Å². The Balaban J connectivity index is 1.82. The second-order valence-corrected chi connectivity index (χ2v) is 11.9. The second kappa shape index (κ2) is 8.59. The molecule has 0 atom stereocenters. The van der Waals surface area contributed by atoms with Gasteiger partial charge >= 0.3 is 6.18 Å². The van der Waals surface area contributed by atoms with Crippen LogP contribution in [0.4, 0.5) is 13.2 Å². The predicted octanol–water partition coefficient (Wildman–Crippen LogP) is 4.20. The summed E-state index contributed by atoms with van der Waals surface area (Å²) in [6.07, 6.45) is -2.28. The fraction of sp³-hybridized carbons (Fsp3) is 0.500. The van der Waals surface area contributed by atoms with Crippen molar-refractivity contribution < 1.29 is 31.8 Å². The van der Waals surface area contributed by atoms with Gasteiger partial charge in [-0.05, 0) is 58.6 Å². The minimum Gasteiger partial charge on any atom is -0.393 e. The largest absolute Gasteiger partial charge is 0.417 e. The molecule has 2 heterocycles. The smallest absolute Gasteiger partial charge is 0.393 e. The highest BCUT2D eigenvalue weighted by Crippen LogP contribution is 2.39. The molecule has 1 aliphatic carbocycles. The van der Waals surface area contributed by atoms with Gasteiger partial charge in [0.05, 0.1) is 38.4 Å². The number of hydrogen-bond donors (Lipinski definition) is 3. The molecule has 186 valence electrons. The van der Waals surface area contributed by atoms with Crippen molar-refractivity contribution in [3.05, 3.63) is 40.5 Å². The maximum absolute atomic E-state index is 13.8. The van der Waals surface area contributed by atoms with Crippen molar-refractivity contribution in [2.75, 3.05) is 0 Å². The summed E-state index contributed by atoms with van der Waals surface area (Å²) in [6.45, 7) is 4.92. The van der Waals surface area contributed by atoms with E-state index in [1.165, 1.54) is 17.4 Å². The number of sulfonamides is 1. The van der Waals surface area contributed by atoms with E-state index in [0.29, 0.717) is 46.9 Å². The molecule has 7 nitrogen and oxygen atoms in total. The quantitative estimate of drug-likeness (QED) is 0.471. The van der Waals surface area contributed by atoms with Gasteiger partial charge in [0.15, 0.2) is 4.96 Å². The van der Waals surface area contributed by atoms with E-state index in [1.807, 2.05) is 0 Å². The van der Waals surface area contributed by atoms with Gasteiger partial charge in [-0.2, -0.15) is 13.2 Å². The molecule has 12 heteroatoms. The minimum atomic E-state index is -4.87. The van der Waals surface area contributed by atoms with Gasteiger partial charge in [-0.3, -0.25) is 4.40 Å². The van der Waals surface area contributed by atoms with E-state index in [-0.39, 0.29) is 5.56 Å². The van der Waals surface area contributed by atoms with Gasteiger partial charge in [0.1, 0.15) is 0 Å². The number of hydrogen-bond acceptors (Lipinski definition) is 6. The first kappa shape index (κ1) is 25.1. The molecule has 1 aromatic carbocycles. The van der Waals surface area contributed by atoms with Crippen molar-refractivity contribution >= 4 is 26.3 Å². The van der Waals surface area contributed by atoms with Gasteiger partial charge in [-0.15, -0.1) is 0 Å². The molecule has 3 N–H and O–H groups in total. The van der Waals surface area contributed by atoms with Crippen LogP contribution >= 0.6 is 11.3 Å². The highest BCUT2D eigenvalue weighted by atomic mass is 32.2. The topological polar surface area (TPSA) is 104 Å². The maximum atomic E-state index is 13.8. The number of imidazole rings is 1. The number of nitrogens with one attached hydrogen (secondary N) is 1. The SMILES string of the molecule is Cc1nc2sc(C(C)(C)O)cn2c1-c1ccc(C(F)(F)F)c(S(=O)(=O)NC2CCC(O)CC2)c1. The van der Waals surface area contributed by atoms with Gasteiger partial charge in [0.2, 0.25) is 10.0 Å². The highest BCUT2D eigenvalue weighted by molar-refractivity contribution is 7.89. The molecule has 4 rings (SSSR count). The fourth-order valence-electron chi connectivity index (χ4n) is 4.19. The van der Waals surface area contributed by atoms with Crippen LogP contribution in [0.1, 0.15) is 55.7 Å². The Labute approximate surface area is 199 Å². The normalized spacial score (nSPS) is 20.2. The van der Waals surface area contributed by atoms with E-state index < -0.39 is 44.4 Å². The zero-order chi connectivity index (χ0) is 25.1. The number of aliphatic hydroxyl groups is 2. The second-order valence-electron chi connectivity index (χ2n) is 9.19. The van der Waals surface area contributed by atoms with Crippen LogP contribution in [0.15, 0.2) is 29.3 Å². The minimum absolute atomic E-state index is 0.262. The lowest BCUT2D eigenvalue weighted by Crippen LogP contribution is -2.39. The third-order valence-corrected chi connectivity index (χ3v) is 8.83. The molecule has 0 amide bonds. The number of thiazole rings is 1. The number of aryl methyl sites for hydroxylation is 1. The van der Waals surface area contributed by atoms with E-state index in [9.17, 15) is 31.8 Å². The van der Waals surface area contributed by atoms with Gasteiger partial charge in [0, 0.05) is 17.8 Å². The van der Waals surface area contributed by atoms with Crippen LogP contribution in [0.5, 0.6) is 0 Å². The molecular weight excluding hydrogens is 491 g/mol. The van der Waals surface area contributed by atoms with Crippen molar-refractivity contribution in [3.63, 3.8) is 0 Å². The third-order valence-electron chi connectivity index (χ3n) is 5.97. The number of benzene rings is 1. The van der Waals surface area contributed by atoms with Crippen LogP contribution in [0.2, 0.25) is 0 Å². The van der Waals surface area contributed by atoms with E-state index in [4.69, 9.17) is 0 Å². The van der Waals surface area contributed by atoms with Gasteiger partial charge in [-0.25, -0.2) is 18.1 Å². The summed E-state index contributed by atoms with van der Waals surface area (Å²) in [4.78, 5) is 4.74. The molecule has 1 aliphatic rings. The zero-order valence-corrected chi connectivity index (χ0v) is 20.5. The van der Waals surface area contributed by atoms with E-state index in [1.54, 1.807) is 31.4 Å². The highest BCUT2D eigenvalue weighted by Gasteiger charge is 2.38. The Morgan fingerprint density at radius 2 is 1.82 bits per heavy atom. The fourth-order valence-corrected chi connectivity index (χ4v) is 6.77. The van der Waals surface area contributed by atoms with Crippen LogP contribution < -0.4 is 4.72 Å². The van der Waals surface area contributed by atoms with Crippen molar-refractivity contribution in [2.45, 2.75) is 75.3 Å². The molecule has 0 aliphatic heterocycles. The Bertz CT molecular complexity index is 1320. The number of alkyl halides is 3. The van der Waals surface area contributed by atoms with Crippen LogP contribution in [0.25, 0.3) is 16.2 Å². The predicted molar refractivity (Wildman–Crippen MR) is 122 cm³/mol. The van der Waals surface area contributed by atoms with Crippen molar-refractivity contribution in [1.82, 2.24) is 14.1 Å². The molecule has 1 saturated carbocycles. The van der Waals surface area contributed by atoms with Crippen molar-refractivity contribution in [1.29, 1.82) is 0 Å². The van der Waals surface area contributed by atoms with E-state index in [2.05, 4.69) is 9.71 Å².